The molecule has 9 nitrogen and oxygen atoms in total. The first-order valence-electron chi connectivity index (χ1n) is 7.45. The summed E-state index contributed by atoms with van der Waals surface area (Å²) in [5.74, 6) is 0. The fraction of sp³-hybridized carbons (Fsp3) is 0.429. The van der Waals surface area contributed by atoms with Crippen LogP contribution in [0.15, 0.2) is 18.2 Å². The van der Waals surface area contributed by atoms with Crippen molar-refractivity contribution in [3.63, 3.8) is 0 Å². The highest BCUT2D eigenvalue weighted by molar-refractivity contribution is 8.56. The molecule has 0 aliphatic carbocycles. The molecule has 0 saturated heterocycles. The van der Waals surface area contributed by atoms with Crippen molar-refractivity contribution in [2.24, 2.45) is 0 Å². The number of nitrogens with one attached hydrogen (secondary N) is 2. The summed E-state index contributed by atoms with van der Waals surface area (Å²) in [6.07, 6.45) is 0.728. The highest BCUT2D eigenvalue weighted by Crippen LogP contribution is 2.58. The standard InChI is InChI=1S/C14H19N4O5PS/c1-4-10(3)25-24(22,23-5-2)17-14(19)16-12-7-6-11(9-15)8-13(12)18(20)21/h6-8,10H,4-5H2,1-3H3,(H2,16,17,19,22). The lowest BCUT2D eigenvalue weighted by Crippen LogP contribution is -2.27. The van der Waals surface area contributed by atoms with Crippen molar-refractivity contribution < 1.29 is 18.8 Å². The molecule has 1 aromatic rings. The summed E-state index contributed by atoms with van der Waals surface area (Å²) < 4.78 is 17.9. The summed E-state index contributed by atoms with van der Waals surface area (Å²) in [6.45, 7) is 2.04. The molecule has 0 saturated carbocycles. The van der Waals surface area contributed by atoms with Crippen LogP contribution >= 0.6 is 18.1 Å². The Labute approximate surface area is 149 Å². The molecule has 0 radical (unpaired) electrons. The van der Waals surface area contributed by atoms with Crippen LogP contribution in [0.5, 0.6) is 0 Å². The quantitative estimate of drug-likeness (QED) is 0.387. The second-order valence-corrected chi connectivity index (χ2v) is 9.47. The molecule has 2 unspecified atom stereocenters. The smallest absolute Gasteiger partial charge is 0.306 e. The van der Waals surface area contributed by atoms with Crippen LogP contribution in [0.4, 0.5) is 16.2 Å². The zero-order valence-corrected chi connectivity index (χ0v) is 15.7. The van der Waals surface area contributed by atoms with Crippen molar-refractivity contribution in [3.8, 4) is 6.07 Å². The predicted octanol–water partition coefficient (Wildman–Crippen LogP) is 4.26. The maximum Gasteiger partial charge on any atom is 0.354 e. The van der Waals surface area contributed by atoms with Crippen LogP contribution in [-0.4, -0.2) is 22.8 Å². The maximum atomic E-state index is 12.7. The van der Waals surface area contributed by atoms with Gasteiger partial charge >= 0.3 is 12.8 Å². The maximum absolute atomic E-state index is 12.7. The molecule has 2 amide bonds. The molecular formula is C14H19N4O5PS. The second kappa shape index (κ2) is 9.42. The van der Waals surface area contributed by atoms with Crippen LogP contribution in [0.2, 0.25) is 0 Å². The number of carbonyl (C=O) groups excluding carboxylic acids is 1. The van der Waals surface area contributed by atoms with Crippen LogP contribution in [0.25, 0.3) is 0 Å². The number of nitro benzene ring substituents is 1. The number of hydrogen-bond donors (Lipinski definition) is 2. The number of anilines is 1. The molecule has 1 rings (SSSR count). The molecule has 2 atom stereocenters. The number of urea groups is 1. The zero-order chi connectivity index (χ0) is 19.0. The number of nitrogens with zero attached hydrogens (tertiary/aromatic N) is 2. The Morgan fingerprint density at radius 2 is 2.20 bits per heavy atom. The summed E-state index contributed by atoms with van der Waals surface area (Å²) in [4.78, 5) is 22.5. The Balaban J connectivity index is 2.96. The summed E-state index contributed by atoms with van der Waals surface area (Å²) in [7, 11) is 0. The number of benzene rings is 1. The molecule has 2 N–H and O–H groups in total. The number of nitriles is 1. The Morgan fingerprint density at radius 1 is 1.52 bits per heavy atom. The first kappa shape index (κ1) is 21.0. The SMILES string of the molecule is CCOP(=O)(NC(=O)Nc1ccc(C#N)cc1[N+](=O)[O-])SC(C)CC. The minimum atomic E-state index is -3.51. The van der Waals surface area contributed by atoms with Crippen molar-refractivity contribution in [3.05, 3.63) is 33.9 Å². The van der Waals surface area contributed by atoms with Crippen molar-refractivity contribution in [1.29, 1.82) is 5.26 Å². The van der Waals surface area contributed by atoms with Gasteiger partial charge in [0.15, 0.2) is 0 Å². The van der Waals surface area contributed by atoms with Crippen LogP contribution in [0.1, 0.15) is 32.8 Å². The van der Waals surface area contributed by atoms with E-state index in [-0.39, 0.29) is 23.1 Å². The van der Waals surface area contributed by atoms with Crippen molar-refractivity contribution in [1.82, 2.24) is 5.09 Å². The average molecular weight is 386 g/mol. The van der Waals surface area contributed by atoms with Crippen LogP contribution in [0.3, 0.4) is 0 Å². The molecule has 0 aliphatic heterocycles. The van der Waals surface area contributed by atoms with Crippen molar-refractivity contribution >= 4 is 35.5 Å². The lowest BCUT2D eigenvalue weighted by atomic mass is 10.2. The lowest BCUT2D eigenvalue weighted by Gasteiger charge is -2.20. The number of hydrogen-bond acceptors (Lipinski definition) is 7. The molecule has 136 valence electrons. The van der Waals surface area contributed by atoms with Gasteiger partial charge < -0.3 is 9.84 Å². The van der Waals surface area contributed by atoms with Gasteiger partial charge in [-0.3, -0.25) is 19.8 Å². The third kappa shape index (κ3) is 6.38. The van der Waals surface area contributed by atoms with Crippen molar-refractivity contribution in [2.45, 2.75) is 32.4 Å². The summed E-state index contributed by atoms with van der Waals surface area (Å²) in [5.41, 5.74) is -0.460. The summed E-state index contributed by atoms with van der Waals surface area (Å²) in [6, 6.07) is 4.52. The van der Waals surface area contributed by atoms with Gasteiger partial charge in [-0.2, -0.15) is 5.26 Å². The minimum Gasteiger partial charge on any atom is -0.306 e. The van der Waals surface area contributed by atoms with E-state index in [1.54, 1.807) is 13.0 Å². The first-order chi connectivity index (χ1) is 11.7. The number of amides is 2. The molecular weight excluding hydrogens is 367 g/mol. The summed E-state index contributed by atoms with van der Waals surface area (Å²) >= 11 is 1.01. The van der Waals surface area contributed by atoms with Gasteiger partial charge in [0.1, 0.15) is 5.69 Å². The fourth-order valence-electron chi connectivity index (χ4n) is 1.70. The van der Waals surface area contributed by atoms with Gasteiger partial charge in [-0.15, -0.1) is 0 Å². The Morgan fingerprint density at radius 3 is 2.72 bits per heavy atom. The van der Waals surface area contributed by atoms with Gasteiger partial charge in [0, 0.05) is 11.3 Å². The third-order valence-electron chi connectivity index (χ3n) is 3.00. The van der Waals surface area contributed by atoms with Gasteiger partial charge in [-0.25, -0.2) is 4.79 Å². The fourth-order valence-corrected chi connectivity index (χ4v) is 5.92. The molecule has 0 bridgehead atoms. The molecule has 1 aromatic carbocycles. The Kier molecular flexibility index (Phi) is 7.90. The minimum absolute atomic E-state index is 0.0121. The topological polar surface area (TPSA) is 134 Å². The molecule has 11 heteroatoms. The highest BCUT2D eigenvalue weighted by atomic mass is 32.7. The molecule has 25 heavy (non-hydrogen) atoms. The highest BCUT2D eigenvalue weighted by Gasteiger charge is 2.29. The van der Waals surface area contributed by atoms with Crippen molar-refractivity contribution in [2.75, 3.05) is 11.9 Å². The Hall–Kier alpha value is -2.08. The van der Waals surface area contributed by atoms with E-state index >= 15 is 0 Å². The van der Waals surface area contributed by atoms with E-state index in [2.05, 4.69) is 10.4 Å². The molecule has 0 fully saturated rings. The van der Waals surface area contributed by atoms with Crippen LogP contribution in [-0.2, 0) is 9.09 Å². The van der Waals surface area contributed by atoms with E-state index < -0.39 is 23.4 Å². The van der Waals surface area contributed by atoms with Gasteiger partial charge in [0.25, 0.3) is 5.69 Å². The Bertz CT molecular complexity index is 736. The van der Waals surface area contributed by atoms with Crippen LogP contribution in [0, 0.1) is 21.4 Å². The number of carbonyl (C=O) groups is 1. The third-order valence-corrected chi connectivity index (χ3v) is 7.55. The monoisotopic (exact) mass is 386 g/mol. The zero-order valence-electron chi connectivity index (χ0n) is 14.0. The molecule has 0 spiro atoms. The first-order valence-corrected chi connectivity index (χ1v) is 10.6. The van der Waals surface area contributed by atoms with Gasteiger partial charge in [-0.1, -0.05) is 13.8 Å². The molecule has 0 aromatic heterocycles. The van der Waals surface area contributed by atoms with E-state index in [4.69, 9.17) is 9.79 Å². The lowest BCUT2D eigenvalue weighted by molar-refractivity contribution is -0.383. The van der Waals surface area contributed by atoms with E-state index in [0.717, 1.165) is 23.9 Å². The van der Waals surface area contributed by atoms with Crippen LogP contribution < -0.4 is 10.4 Å². The van der Waals surface area contributed by atoms with Gasteiger partial charge in [-0.05, 0) is 36.9 Å². The largest absolute Gasteiger partial charge is 0.354 e. The van der Waals surface area contributed by atoms with Gasteiger partial charge in [0.05, 0.1) is 23.2 Å². The van der Waals surface area contributed by atoms with Gasteiger partial charge in [0.2, 0.25) is 0 Å². The number of rotatable bonds is 8. The van der Waals surface area contributed by atoms with E-state index in [1.165, 1.54) is 12.1 Å². The number of nitro groups is 1. The van der Waals surface area contributed by atoms with E-state index in [1.807, 2.05) is 13.8 Å². The normalized spacial score (nSPS) is 14.0. The van der Waals surface area contributed by atoms with E-state index in [9.17, 15) is 19.5 Å². The predicted molar refractivity (Wildman–Crippen MR) is 96.5 cm³/mol. The second-order valence-electron chi connectivity index (χ2n) is 4.91. The molecule has 0 heterocycles. The summed E-state index contributed by atoms with van der Waals surface area (Å²) in [5, 5.41) is 24.4. The average Bonchev–Trinajstić information content (AvgIpc) is 2.54. The molecule has 0 aliphatic rings. The van der Waals surface area contributed by atoms with E-state index in [0.29, 0.717) is 0 Å².